The normalized spacial score (nSPS) is 10.6. The van der Waals surface area contributed by atoms with Crippen LogP contribution in [0.4, 0.5) is 0 Å². The van der Waals surface area contributed by atoms with E-state index in [4.69, 9.17) is 27.9 Å². The third kappa shape index (κ3) is 3.26. The Morgan fingerprint density at radius 1 is 1.04 bits per heavy atom. The summed E-state index contributed by atoms with van der Waals surface area (Å²) in [4.78, 5) is 12.4. The highest BCUT2D eigenvalue weighted by Crippen LogP contribution is 2.43. The first-order valence-corrected chi connectivity index (χ1v) is 8.54. The van der Waals surface area contributed by atoms with Gasteiger partial charge in [-0.15, -0.1) is 11.3 Å². The van der Waals surface area contributed by atoms with E-state index in [9.17, 15) is 9.90 Å². The van der Waals surface area contributed by atoms with Crippen LogP contribution < -0.4 is 4.74 Å². The number of carboxylic acid groups (broad SMARTS) is 1. The number of hydrogen-bond donors (Lipinski definition) is 1. The molecule has 3 rings (SSSR count). The minimum atomic E-state index is -0.967. The molecule has 0 radical (unpaired) electrons. The molecule has 6 heteroatoms. The van der Waals surface area contributed by atoms with Crippen molar-refractivity contribution in [2.45, 2.75) is 0 Å². The van der Waals surface area contributed by atoms with Gasteiger partial charge in [0.05, 0.1) is 12.1 Å². The van der Waals surface area contributed by atoms with E-state index in [1.807, 2.05) is 24.3 Å². The Balaban J connectivity index is 2.18. The van der Waals surface area contributed by atoms with Crippen LogP contribution in [0.5, 0.6) is 5.75 Å². The number of benzene rings is 2. The maximum atomic E-state index is 11.4. The Morgan fingerprint density at radius 3 is 2.33 bits per heavy atom. The van der Waals surface area contributed by atoms with E-state index in [0.29, 0.717) is 10.0 Å². The van der Waals surface area contributed by atoms with Crippen molar-refractivity contribution in [1.29, 1.82) is 0 Å². The second-order valence-corrected chi connectivity index (χ2v) is 6.91. The van der Waals surface area contributed by atoms with Crippen LogP contribution in [-0.2, 0) is 0 Å². The second kappa shape index (κ2) is 6.85. The molecule has 0 fully saturated rings. The van der Waals surface area contributed by atoms with Crippen LogP contribution in [0.3, 0.4) is 0 Å². The molecule has 0 unspecified atom stereocenters. The predicted molar refractivity (Wildman–Crippen MR) is 98.7 cm³/mol. The first kappa shape index (κ1) is 16.8. The summed E-state index contributed by atoms with van der Waals surface area (Å²) in [5.74, 6) is -0.232. The highest BCUT2D eigenvalue weighted by molar-refractivity contribution is 7.18. The zero-order chi connectivity index (χ0) is 17.3. The van der Waals surface area contributed by atoms with E-state index in [-0.39, 0.29) is 4.88 Å². The molecule has 0 aliphatic carbocycles. The molecule has 0 atom stereocenters. The molecule has 0 aliphatic heterocycles. The van der Waals surface area contributed by atoms with Gasteiger partial charge in [-0.2, -0.15) is 0 Å². The average Bonchev–Trinajstić information content (AvgIpc) is 3.00. The molecule has 24 heavy (non-hydrogen) atoms. The number of methoxy groups -OCH3 is 1. The van der Waals surface area contributed by atoms with Crippen LogP contribution in [0, 0.1) is 0 Å². The molecule has 0 spiro atoms. The fraction of sp³-hybridized carbons (Fsp3) is 0.0556. The number of rotatable bonds is 4. The molecule has 1 heterocycles. The Hall–Kier alpha value is -2.01. The third-order valence-corrected chi connectivity index (χ3v) is 5.22. The van der Waals surface area contributed by atoms with E-state index >= 15 is 0 Å². The maximum Gasteiger partial charge on any atom is 0.345 e. The summed E-state index contributed by atoms with van der Waals surface area (Å²) in [5, 5.41) is 10.4. The molecule has 1 N–H and O–H groups in total. The van der Waals surface area contributed by atoms with Crippen LogP contribution in [0.2, 0.25) is 10.0 Å². The summed E-state index contributed by atoms with van der Waals surface area (Å²) in [7, 11) is 1.60. The summed E-state index contributed by atoms with van der Waals surface area (Å²) < 4.78 is 5.17. The fourth-order valence-electron chi connectivity index (χ4n) is 2.36. The Kier molecular flexibility index (Phi) is 4.81. The van der Waals surface area contributed by atoms with Gasteiger partial charge in [-0.1, -0.05) is 41.4 Å². The highest BCUT2D eigenvalue weighted by atomic mass is 35.5. The molecule has 0 saturated heterocycles. The van der Waals surface area contributed by atoms with Gasteiger partial charge < -0.3 is 9.84 Å². The molecule has 0 amide bonds. The van der Waals surface area contributed by atoms with Gasteiger partial charge in [0, 0.05) is 21.0 Å². The van der Waals surface area contributed by atoms with E-state index < -0.39 is 5.97 Å². The largest absolute Gasteiger partial charge is 0.497 e. The van der Waals surface area contributed by atoms with Gasteiger partial charge in [0.15, 0.2) is 0 Å². The van der Waals surface area contributed by atoms with E-state index in [1.54, 1.807) is 31.4 Å². The standard InChI is InChI=1S/C18H12Cl2O3S/c1-23-12-5-2-10(3-6-12)14-9-16(18(21)22)24-17(14)13-7-4-11(19)8-15(13)20/h2-9H,1H3,(H,21,22). The van der Waals surface area contributed by atoms with Gasteiger partial charge in [-0.25, -0.2) is 4.79 Å². The van der Waals surface area contributed by atoms with E-state index in [1.165, 1.54) is 11.3 Å². The zero-order valence-corrected chi connectivity index (χ0v) is 14.9. The number of halogens is 2. The van der Waals surface area contributed by atoms with Crippen molar-refractivity contribution >= 4 is 40.5 Å². The number of carbonyl (C=O) groups is 1. The summed E-state index contributed by atoms with van der Waals surface area (Å²) in [6.45, 7) is 0. The van der Waals surface area contributed by atoms with Gasteiger partial charge in [0.25, 0.3) is 0 Å². The number of hydrogen-bond acceptors (Lipinski definition) is 3. The minimum absolute atomic E-state index is 0.252. The SMILES string of the molecule is COc1ccc(-c2cc(C(=O)O)sc2-c2ccc(Cl)cc2Cl)cc1. The Labute approximate surface area is 153 Å². The molecule has 0 saturated carbocycles. The molecule has 1 aromatic heterocycles. The summed E-state index contributed by atoms with van der Waals surface area (Å²) in [6.07, 6.45) is 0. The first-order chi connectivity index (χ1) is 11.5. The fourth-order valence-corrected chi connectivity index (χ4v) is 3.97. The molecule has 0 bridgehead atoms. The zero-order valence-electron chi connectivity index (χ0n) is 12.5. The van der Waals surface area contributed by atoms with Crippen molar-refractivity contribution in [1.82, 2.24) is 0 Å². The lowest BCUT2D eigenvalue weighted by Gasteiger charge is -2.07. The third-order valence-electron chi connectivity index (χ3n) is 3.52. The molecule has 2 aromatic carbocycles. The minimum Gasteiger partial charge on any atom is -0.497 e. The number of aromatic carboxylic acids is 1. The van der Waals surface area contributed by atoms with Crippen LogP contribution in [0.15, 0.2) is 48.5 Å². The van der Waals surface area contributed by atoms with Crippen molar-refractivity contribution in [2.24, 2.45) is 0 Å². The van der Waals surface area contributed by atoms with Crippen molar-refractivity contribution in [3.8, 4) is 27.3 Å². The van der Waals surface area contributed by atoms with Gasteiger partial charge in [-0.05, 0) is 35.9 Å². The molecular formula is C18H12Cl2O3S. The molecular weight excluding hydrogens is 367 g/mol. The molecule has 0 aliphatic rings. The smallest absolute Gasteiger partial charge is 0.345 e. The van der Waals surface area contributed by atoms with Gasteiger partial charge in [-0.3, -0.25) is 0 Å². The van der Waals surface area contributed by atoms with Crippen LogP contribution in [0.1, 0.15) is 9.67 Å². The van der Waals surface area contributed by atoms with Crippen LogP contribution in [-0.4, -0.2) is 18.2 Å². The molecule has 122 valence electrons. The topological polar surface area (TPSA) is 46.5 Å². The quantitative estimate of drug-likeness (QED) is 0.596. The Morgan fingerprint density at radius 2 is 1.75 bits per heavy atom. The van der Waals surface area contributed by atoms with Crippen LogP contribution >= 0.6 is 34.5 Å². The lowest BCUT2D eigenvalue weighted by Crippen LogP contribution is -1.89. The van der Waals surface area contributed by atoms with Gasteiger partial charge >= 0.3 is 5.97 Å². The van der Waals surface area contributed by atoms with E-state index in [0.717, 1.165) is 27.3 Å². The second-order valence-electron chi connectivity index (χ2n) is 5.01. The molecule has 3 nitrogen and oxygen atoms in total. The van der Waals surface area contributed by atoms with Gasteiger partial charge in [0.2, 0.25) is 0 Å². The highest BCUT2D eigenvalue weighted by Gasteiger charge is 2.18. The Bertz CT molecular complexity index is 901. The first-order valence-electron chi connectivity index (χ1n) is 6.96. The van der Waals surface area contributed by atoms with Gasteiger partial charge in [0.1, 0.15) is 10.6 Å². The van der Waals surface area contributed by atoms with Crippen LogP contribution in [0.25, 0.3) is 21.6 Å². The number of carboxylic acids is 1. The lowest BCUT2D eigenvalue weighted by atomic mass is 10.0. The predicted octanol–water partition coefficient (Wildman–Crippen LogP) is 6.10. The average molecular weight is 379 g/mol. The van der Waals surface area contributed by atoms with Crippen molar-refractivity contribution in [2.75, 3.05) is 7.11 Å². The lowest BCUT2D eigenvalue weighted by molar-refractivity contribution is 0.0702. The number of thiophene rings is 1. The summed E-state index contributed by atoms with van der Waals surface area (Å²) in [5.41, 5.74) is 2.45. The van der Waals surface area contributed by atoms with Crippen molar-refractivity contribution < 1.29 is 14.6 Å². The number of ether oxygens (including phenoxy) is 1. The molecule has 3 aromatic rings. The maximum absolute atomic E-state index is 11.4. The van der Waals surface area contributed by atoms with E-state index in [2.05, 4.69) is 0 Å². The summed E-state index contributed by atoms with van der Waals surface area (Å²) in [6, 6.07) is 14.3. The monoisotopic (exact) mass is 378 g/mol. The van der Waals surface area contributed by atoms with Crippen molar-refractivity contribution in [3.05, 3.63) is 63.5 Å². The van der Waals surface area contributed by atoms with Crippen molar-refractivity contribution in [3.63, 3.8) is 0 Å². The summed E-state index contributed by atoms with van der Waals surface area (Å²) >= 11 is 13.5.